The average Bonchev–Trinajstić information content (AvgIpc) is 2.82. The molecule has 0 radical (unpaired) electrons. The van der Waals surface area contributed by atoms with Crippen molar-refractivity contribution in [3.05, 3.63) is 51.5 Å². The highest BCUT2D eigenvalue weighted by Gasteiger charge is 2.31. The zero-order chi connectivity index (χ0) is 13.9. The first-order valence-electron chi connectivity index (χ1n) is 6.20. The van der Waals surface area contributed by atoms with Crippen LogP contribution in [0.4, 0.5) is 0 Å². The Bertz CT molecular complexity index is 529. The van der Waals surface area contributed by atoms with Gasteiger partial charge in [0.1, 0.15) is 0 Å². The third kappa shape index (κ3) is 3.47. The van der Waals surface area contributed by atoms with E-state index in [2.05, 4.69) is 80.3 Å². The molecule has 2 aromatic rings. The number of benzene rings is 1. The molecule has 1 nitrogen and oxygen atoms in total. The Hall–Kier alpha value is -0.190. The minimum Gasteiger partial charge on any atom is -0.247 e. The van der Waals surface area contributed by atoms with E-state index in [1.165, 1.54) is 16.8 Å². The number of rotatable bonds is 5. The second kappa shape index (κ2) is 6.51. The Morgan fingerprint density at radius 2 is 1.74 bits per heavy atom. The predicted molar refractivity (Wildman–Crippen MR) is 91.0 cm³/mol. The molecule has 0 aliphatic carbocycles. The van der Waals surface area contributed by atoms with Gasteiger partial charge in [-0.15, -0.1) is 11.3 Å². The van der Waals surface area contributed by atoms with Crippen molar-refractivity contribution < 1.29 is 0 Å². The molecule has 0 bridgehead atoms. The molecule has 0 aliphatic rings. The third-order valence-electron chi connectivity index (χ3n) is 3.36. The van der Waals surface area contributed by atoms with Gasteiger partial charge in [-0.05, 0) is 19.4 Å². The summed E-state index contributed by atoms with van der Waals surface area (Å²) in [7, 11) is 0. The molecule has 102 valence electrons. The number of thiazole rings is 1. The van der Waals surface area contributed by atoms with Crippen LogP contribution in [-0.2, 0) is 11.8 Å². The van der Waals surface area contributed by atoms with Crippen LogP contribution in [0, 0.1) is 13.8 Å². The Labute approximate surface area is 135 Å². The lowest BCUT2D eigenvalue weighted by atomic mass is 9.80. The van der Waals surface area contributed by atoms with Crippen LogP contribution in [0.1, 0.15) is 21.8 Å². The fourth-order valence-electron chi connectivity index (χ4n) is 2.13. The van der Waals surface area contributed by atoms with Gasteiger partial charge < -0.3 is 0 Å². The quantitative estimate of drug-likeness (QED) is 0.639. The molecular weight excluding hydrogens is 386 g/mol. The van der Waals surface area contributed by atoms with E-state index in [4.69, 9.17) is 0 Å². The molecule has 19 heavy (non-hydrogen) atoms. The van der Waals surface area contributed by atoms with E-state index in [0.29, 0.717) is 0 Å². The van der Waals surface area contributed by atoms with E-state index < -0.39 is 0 Å². The molecule has 1 aromatic carbocycles. The minimum atomic E-state index is 0.0637. The van der Waals surface area contributed by atoms with Crippen molar-refractivity contribution in [3.8, 4) is 0 Å². The van der Waals surface area contributed by atoms with Crippen molar-refractivity contribution in [2.75, 3.05) is 10.7 Å². The number of aromatic nitrogens is 1. The highest BCUT2D eigenvalue weighted by molar-refractivity contribution is 9.09. The Morgan fingerprint density at radius 1 is 1.11 bits per heavy atom. The Kier molecular flexibility index (Phi) is 5.21. The monoisotopic (exact) mass is 401 g/mol. The summed E-state index contributed by atoms with van der Waals surface area (Å²) in [6.45, 7) is 4.18. The zero-order valence-corrected chi connectivity index (χ0v) is 15.1. The van der Waals surface area contributed by atoms with Gasteiger partial charge in [0.25, 0.3) is 0 Å². The molecule has 4 heteroatoms. The highest BCUT2D eigenvalue weighted by Crippen LogP contribution is 2.33. The molecular formula is C15H17Br2NS. The number of halogens is 2. The van der Waals surface area contributed by atoms with Crippen LogP contribution in [0.5, 0.6) is 0 Å². The maximum Gasteiger partial charge on any atom is 0.0897 e. The fraction of sp³-hybridized carbons (Fsp3) is 0.400. The third-order valence-corrected chi connectivity index (χ3v) is 6.33. The molecule has 0 saturated carbocycles. The number of nitrogens with zero attached hydrogens (tertiary/aromatic N) is 1. The van der Waals surface area contributed by atoms with E-state index >= 15 is 0 Å². The molecule has 0 unspecified atom stereocenters. The van der Waals surface area contributed by atoms with Crippen LogP contribution in [-0.4, -0.2) is 15.6 Å². The molecule has 0 aliphatic heterocycles. The molecule has 0 N–H and O–H groups in total. The first-order valence-corrected chi connectivity index (χ1v) is 9.32. The maximum absolute atomic E-state index is 4.61. The van der Waals surface area contributed by atoms with Crippen molar-refractivity contribution in [2.45, 2.75) is 25.7 Å². The topological polar surface area (TPSA) is 12.9 Å². The number of alkyl halides is 2. The van der Waals surface area contributed by atoms with Gasteiger partial charge in [0.2, 0.25) is 0 Å². The van der Waals surface area contributed by atoms with Crippen LogP contribution in [0.3, 0.4) is 0 Å². The van der Waals surface area contributed by atoms with Gasteiger partial charge >= 0.3 is 0 Å². The number of hydrogen-bond acceptors (Lipinski definition) is 2. The summed E-state index contributed by atoms with van der Waals surface area (Å²) in [4.78, 5) is 4.61. The SMILES string of the molecule is Cc1ccc(C(CBr)(CBr)Cc2csc(C)n2)cc1. The van der Waals surface area contributed by atoms with Crippen molar-refractivity contribution in [1.29, 1.82) is 0 Å². The van der Waals surface area contributed by atoms with Crippen molar-refractivity contribution in [1.82, 2.24) is 4.98 Å². The summed E-state index contributed by atoms with van der Waals surface area (Å²) in [6.07, 6.45) is 0.955. The highest BCUT2D eigenvalue weighted by atomic mass is 79.9. The van der Waals surface area contributed by atoms with Crippen LogP contribution in [0.25, 0.3) is 0 Å². The lowest BCUT2D eigenvalue weighted by Gasteiger charge is -2.30. The summed E-state index contributed by atoms with van der Waals surface area (Å²) < 4.78 is 0. The maximum atomic E-state index is 4.61. The lowest BCUT2D eigenvalue weighted by molar-refractivity contribution is 0.544. The van der Waals surface area contributed by atoms with Crippen LogP contribution >= 0.6 is 43.2 Å². The van der Waals surface area contributed by atoms with Crippen LogP contribution in [0.15, 0.2) is 29.6 Å². The fourth-order valence-corrected chi connectivity index (χ4v) is 4.71. The van der Waals surface area contributed by atoms with E-state index in [0.717, 1.165) is 22.1 Å². The van der Waals surface area contributed by atoms with Crippen molar-refractivity contribution >= 4 is 43.2 Å². The van der Waals surface area contributed by atoms with Gasteiger partial charge in [0.15, 0.2) is 0 Å². The average molecular weight is 403 g/mol. The Balaban J connectivity index is 2.33. The molecule has 0 amide bonds. The smallest absolute Gasteiger partial charge is 0.0897 e. The second-order valence-electron chi connectivity index (χ2n) is 4.95. The standard InChI is InChI=1S/C15H17Br2NS/c1-11-3-5-13(6-4-11)15(9-16,10-17)7-14-8-19-12(2)18-14/h3-6,8H,7,9-10H2,1-2H3. The molecule has 0 spiro atoms. The zero-order valence-electron chi connectivity index (χ0n) is 11.1. The molecule has 0 saturated heterocycles. The largest absolute Gasteiger partial charge is 0.247 e. The van der Waals surface area contributed by atoms with Crippen molar-refractivity contribution in [3.63, 3.8) is 0 Å². The van der Waals surface area contributed by atoms with E-state index in [9.17, 15) is 0 Å². The van der Waals surface area contributed by atoms with Gasteiger partial charge in [0.05, 0.1) is 10.7 Å². The first kappa shape index (κ1) is 15.2. The summed E-state index contributed by atoms with van der Waals surface area (Å²) in [5.74, 6) is 0. The van der Waals surface area contributed by atoms with Crippen LogP contribution in [0.2, 0.25) is 0 Å². The number of aryl methyl sites for hydroxylation is 2. The summed E-state index contributed by atoms with van der Waals surface area (Å²) >= 11 is 9.12. The van der Waals surface area contributed by atoms with E-state index in [1.807, 2.05) is 0 Å². The second-order valence-corrected chi connectivity index (χ2v) is 7.13. The normalized spacial score (nSPS) is 11.8. The Morgan fingerprint density at radius 3 is 2.21 bits per heavy atom. The van der Waals surface area contributed by atoms with Crippen LogP contribution < -0.4 is 0 Å². The number of hydrogen-bond donors (Lipinski definition) is 0. The molecule has 0 atom stereocenters. The summed E-state index contributed by atoms with van der Waals surface area (Å²) in [6, 6.07) is 8.83. The predicted octanol–water partition coefficient (Wildman–Crippen LogP) is 5.03. The van der Waals surface area contributed by atoms with Crippen molar-refractivity contribution in [2.24, 2.45) is 0 Å². The molecule has 0 fully saturated rings. The van der Waals surface area contributed by atoms with E-state index in [1.54, 1.807) is 11.3 Å². The van der Waals surface area contributed by atoms with Gasteiger partial charge in [-0.2, -0.15) is 0 Å². The van der Waals surface area contributed by atoms with Gasteiger partial charge in [-0.1, -0.05) is 61.7 Å². The lowest BCUT2D eigenvalue weighted by Crippen LogP contribution is -2.33. The van der Waals surface area contributed by atoms with E-state index in [-0.39, 0.29) is 5.41 Å². The first-order chi connectivity index (χ1) is 9.09. The van der Waals surface area contributed by atoms with Gasteiger partial charge in [-0.25, -0.2) is 4.98 Å². The minimum absolute atomic E-state index is 0.0637. The summed E-state index contributed by atoms with van der Waals surface area (Å²) in [5.41, 5.74) is 3.90. The molecule has 1 heterocycles. The molecule has 1 aromatic heterocycles. The van der Waals surface area contributed by atoms with Gasteiger partial charge in [-0.3, -0.25) is 0 Å². The summed E-state index contributed by atoms with van der Waals surface area (Å²) in [5, 5.41) is 5.15. The molecule has 2 rings (SSSR count). The van der Waals surface area contributed by atoms with Gasteiger partial charge in [0, 0.05) is 27.9 Å².